The quantitative estimate of drug-likeness (QED) is 0.750. The highest BCUT2D eigenvalue weighted by molar-refractivity contribution is 4.98. The van der Waals surface area contributed by atoms with Crippen LogP contribution in [0.2, 0.25) is 0 Å². The van der Waals surface area contributed by atoms with Gasteiger partial charge in [0.15, 0.2) is 0 Å². The summed E-state index contributed by atoms with van der Waals surface area (Å²) in [6, 6.07) is 1.72. The molecular formula is C11H17F3N2. The Bertz CT molecular complexity index is 267. The van der Waals surface area contributed by atoms with Crippen molar-refractivity contribution in [3.05, 3.63) is 0 Å². The van der Waals surface area contributed by atoms with Gasteiger partial charge in [-0.25, -0.2) is 0 Å². The second-order valence-electron chi connectivity index (χ2n) is 4.62. The van der Waals surface area contributed by atoms with Gasteiger partial charge in [0.05, 0.1) is 18.5 Å². The first-order chi connectivity index (χ1) is 7.35. The molecule has 0 spiro atoms. The molecular weight excluding hydrogens is 217 g/mol. The molecule has 0 amide bonds. The van der Waals surface area contributed by atoms with E-state index in [0.717, 1.165) is 12.8 Å². The van der Waals surface area contributed by atoms with E-state index in [0.29, 0.717) is 6.42 Å². The van der Waals surface area contributed by atoms with E-state index in [1.165, 1.54) is 4.90 Å². The molecule has 0 radical (unpaired) electrons. The van der Waals surface area contributed by atoms with Crippen LogP contribution >= 0.6 is 0 Å². The van der Waals surface area contributed by atoms with Gasteiger partial charge in [-0.2, -0.15) is 18.4 Å². The topological polar surface area (TPSA) is 27.0 Å². The third kappa shape index (κ3) is 3.38. The minimum atomic E-state index is -4.19. The number of nitriles is 1. The summed E-state index contributed by atoms with van der Waals surface area (Å²) in [5, 5.41) is 8.91. The lowest BCUT2D eigenvalue weighted by Gasteiger charge is -2.34. The molecule has 0 N–H and O–H groups in total. The molecule has 2 nitrogen and oxygen atoms in total. The Balaban J connectivity index is 2.74. The minimum absolute atomic E-state index is 0.180. The van der Waals surface area contributed by atoms with Crippen LogP contribution in [0.1, 0.15) is 33.1 Å². The van der Waals surface area contributed by atoms with Gasteiger partial charge in [0.2, 0.25) is 0 Å². The lowest BCUT2D eigenvalue weighted by atomic mass is 10.0. The molecule has 1 aliphatic rings. The Labute approximate surface area is 94.0 Å². The van der Waals surface area contributed by atoms with Crippen LogP contribution in [-0.2, 0) is 0 Å². The van der Waals surface area contributed by atoms with Crippen molar-refractivity contribution in [1.82, 2.24) is 4.90 Å². The maximum Gasteiger partial charge on any atom is 0.401 e. The van der Waals surface area contributed by atoms with Crippen molar-refractivity contribution in [2.24, 2.45) is 5.92 Å². The van der Waals surface area contributed by atoms with Crippen molar-refractivity contribution in [3.63, 3.8) is 0 Å². The summed E-state index contributed by atoms with van der Waals surface area (Å²) in [5.74, 6) is -0.246. The number of nitrogens with zero attached hydrogens (tertiary/aromatic N) is 2. The lowest BCUT2D eigenvalue weighted by molar-refractivity contribution is -0.156. The molecule has 1 aliphatic carbocycles. The van der Waals surface area contributed by atoms with Crippen molar-refractivity contribution >= 4 is 0 Å². The Morgan fingerprint density at radius 2 is 2.00 bits per heavy atom. The number of halogens is 3. The summed E-state index contributed by atoms with van der Waals surface area (Å²) in [5.41, 5.74) is 0. The zero-order valence-electron chi connectivity index (χ0n) is 9.59. The highest BCUT2D eigenvalue weighted by atomic mass is 19.4. The molecule has 2 unspecified atom stereocenters. The van der Waals surface area contributed by atoms with Gasteiger partial charge in [-0.05, 0) is 26.7 Å². The van der Waals surface area contributed by atoms with Crippen molar-refractivity contribution in [2.45, 2.75) is 51.4 Å². The monoisotopic (exact) mass is 234 g/mol. The molecule has 0 bridgehead atoms. The third-order valence-corrected chi connectivity index (χ3v) is 3.10. The second-order valence-corrected chi connectivity index (χ2v) is 4.62. The van der Waals surface area contributed by atoms with Gasteiger partial charge in [-0.15, -0.1) is 0 Å². The normalized spacial score (nSPS) is 26.4. The van der Waals surface area contributed by atoms with E-state index in [2.05, 4.69) is 6.07 Å². The number of hydrogen-bond donors (Lipinski definition) is 0. The summed E-state index contributed by atoms with van der Waals surface area (Å²) in [6.45, 7) is 2.59. The van der Waals surface area contributed by atoms with Crippen molar-refractivity contribution in [3.8, 4) is 6.07 Å². The maximum atomic E-state index is 12.4. The Hall–Kier alpha value is -0.760. The van der Waals surface area contributed by atoms with Crippen LogP contribution in [0.25, 0.3) is 0 Å². The van der Waals surface area contributed by atoms with Crippen LogP contribution in [0.15, 0.2) is 0 Å². The molecule has 2 atom stereocenters. The summed E-state index contributed by atoms with van der Waals surface area (Å²) < 4.78 is 37.3. The minimum Gasteiger partial charge on any atom is -0.288 e. The van der Waals surface area contributed by atoms with Crippen LogP contribution in [0, 0.1) is 17.2 Å². The number of alkyl halides is 3. The molecule has 0 aromatic rings. The van der Waals surface area contributed by atoms with E-state index in [9.17, 15) is 13.2 Å². The molecule has 0 heterocycles. The fraction of sp³-hybridized carbons (Fsp3) is 0.909. The van der Waals surface area contributed by atoms with Gasteiger partial charge in [-0.1, -0.05) is 6.42 Å². The van der Waals surface area contributed by atoms with Crippen molar-refractivity contribution in [1.29, 1.82) is 5.26 Å². The fourth-order valence-corrected chi connectivity index (χ4v) is 2.38. The van der Waals surface area contributed by atoms with Crippen LogP contribution in [-0.4, -0.2) is 29.7 Å². The highest BCUT2D eigenvalue weighted by Gasteiger charge is 2.39. The first kappa shape index (κ1) is 13.3. The zero-order chi connectivity index (χ0) is 12.3. The number of hydrogen-bond acceptors (Lipinski definition) is 2. The predicted molar refractivity (Wildman–Crippen MR) is 54.6 cm³/mol. The molecule has 1 rings (SSSR count). The second kappa shape index (κ2) is 5.05. The summed E-state index contributed by atoms with van der Waals surface area (Å²) in [4.78, 5) is 1.42. The largest absolute Gasteiger partial charge is 0.401 e. The molecule has 0 aromatic carbocycles. The molecule has 1 fully saturated rings. The standard InChI is InChI=1S/C11H17F3N2/c1-8(2)16(7-11(12,13)14)10-5-3-4-9(10)6-15/h8-10H,3-5,7H2,1-2H3. The van der Waals surface area contributed by atoms with Crippen molar-refractivity contribution < 1.29 is 13.2 Å². The van der Waals surface area contributed by atoms with E-state index in [1.54, 1.807) is 13.8 Å². The number of rotatable bonds is 3. The lowest BCUT2D eigenvalue weighted by Crippen LogP contribution is -2.47. The predicted octanol–water partition coefficient (Wildman–Crippen LogP) is 2.95. The molecule has 0 aliphatic heterocycles. The third-order valence-electron chi connectivity index (χ3n) is 3.10. The first-order valence-electron chi connectivity index (χ1n) is 5.57. The first-order valence-corrected chi connectivity index (χ1v) is 5.57. The Morgan fingerprint density at radius 1 is 1.38 bits per heavy atom. The Morgan fingerprint density at radius 3 is 2.44 bits per heavy atom. The fourth-order valence-electron chi connectivity index (χ4n) is 2.38. The molecule has 1 saturated carbocycles. The zero-order valence-corrected chi connectivity index (χ0v) is 9.59. The smallest absolute Gasteiger partial charge is 0.288 e. The van der Waals surface area contributed by atoms with Crippen LogP contribution in [0.5, 0.6) is 0 Å². The molecule has 92 valence electrons. The summed E-state index contributed by atoms with van der Waals surface area (Å²) >= 11 is 0. The van der Waals surface area contributed by atoms with E-state index in [1.807, 2.05) is 0 Å². The van der Waals surface area contributed by atoms with Crippen molar-refractivity contribution in [2.75, 3.05) is 6.54 Å². The molecule has 16 heavy (non-hydrogen) atoms. The highest BCUT2D eigenvalue weighted by Crippen LogP contribution is 2.32. The molecule has 0 saturated heterocycles. The van der Waals surface area contributed by atoms with E-state index in [4.69, 9.17) is 5.26 Å². The van der Waals surface area contributed by atoms with Gasteiger partial charge in [0.25, 0.3) is 0 Å². The summed E-state index contributed by atoms with van der Waals surface area (Å²) in [6.07, 6.45) is -1.91. The maximum absolute atomic E-state index is 12.4. The van der Waals surface area contributed by atoms with Gasteiger partial charge in [-0.3, -0.25) is 4.90 Å². The van der Waals surface area contributed by atoms with E-state index >= 15 is 0 Å². The van der Waals surface area contributed by atoms with Gasteiger partial charge >= 0.3 is 6.18 Å². The molecule has 0 aromatic heterocycles. The Kier molecular flexibility index (Phi) is 4.20. The van der Waals surface area contributed by atoms with Gasteiger partial charge in [0.1, 0.15) is 0 Å². The van der Waals surface area contributed by atoms with Gasteiger partial charge in [0, 0.05) is 12.1 Å². The average molecular weight is 234 g/mol. The average Bonchev–Trinajstić information content (AvgIpc) is 2.59. The van der Waals surface area contributed by atoms with Gasteiger partial charge < -0.3 is 0 Å². The van der Waals surface area contributed by atoms with Crippen LogP contribution < -0.4 is 0 Å². The molecule has 5 heteroatoms. The van der Waals surface area contributed by atoms with Crippen LogP contribution in [0.3, 0.4) is 0 Å². The van der Waals surface area contributed by atoms with E-state index < -0.39 is 12.7 Å². The van der Waals surface area contributed by atoms with E-state index in [-0.39, 0.29) is 18.0 Å². The SMILES string of the molecule is CC(C)N(CC(F)(F)F)C1CCCC1C#N. The van der Waals surface area contributed by atoms with Crippen LogP contribution in [0.4, 0.5) is 13.2 Å². The summed E-state index contributed by atoms with van der Waals surface area (Å²) in [7, 11) is 0.